The first-order chi connectivity index (χ1) is 8.99. The van der Waals surface area contributed by atoms with Gasteiger partial charge in [-0.25, -0.2) is 9.78 Å². The number of pyridine rings is 1. The predicted octanol–water partition coefficient (Wildman–Crippen LogP) is -0.475. The summed E-state index contributed by atoms with van der Waals surface area (Å²) in [5, 5.41) is 20.4. The lowest BCUT2D eigenvalue weighted by atomic mass is 10.2. The fraction of sp³-hybridized carbons (Fsp3) is 0.333. The summed E-state index contributed by atoms with van der Waals surface area (Å²) in [5.74, 6) is -1.38. The third kappa shape index (κ3) is 3.76. The van der Waals surface area contributed by atoms with Gasteiger partial charge >= 0.3 is 5.97 Å². The van der Waals surface area contributed by atoms with Gasteiger partial charge in [0.2, 0.25) is 0 Å². The van der Waals surface area contributed by atoms with Crippen molar-refractivity contribution in [3.8, 4) is 6.07 Å². The maximum atomic E-state index is 11.7. The number of nitrogens with zero attached hydrogens (tertiary/aromatic N) is 2. The van der Waals surface area contributed by atoms with Crippen LogP contribution in [0.25, 0.3) is 0 Å². The van der Waals surface area contributed by atoms with Crippen molar-refractivity contribution >= 4 is 11.9 Å². The van der Waals surface area contributed by atoms with Gasteiger partial charge in [-0.05, 0) is 19.1 Å². The molecule has 0 aromatic carbocycles. The summed E-state index contributed by atoms with van der Waals surface area (Å²) in [5.41, 5.74) is 0.920. The highest BCUT2D eigenvalue weighted by Gasteiger charge is 2.17. The number of aliphatic hydroxyl groups is 1. The minimum absolute atomic E-state index is 0.105. The molecule has 0 aliphatic carbocycles. The molecule has 1 atom stereocenters. The van der Waals surface area contributed by atoms with Gasteiger partial charge in [-0.3, -0.25) is 4.79 Å². The van der Waals surface area contributed by atoms with Crippen LogP contribution in [-0.2, 0) is 9.53 Å². The summed E-state index contributed by atoms with van der Waals surface area (Å²) < 4.78 is 4.31. The molecule has 100 valence electrons. The van der Waals surface area contributed by atoms with Crippen LogP contribution in [0, 0.1) is 18.3 Å². The molecule has 0 saturated heterocycles. The highest BCUT2D eigenvalue weighted by atomic mass is 16.5. The largest absolute Gasteiger partial charge is 0.467 e. The molecule has 0 saturated carbocycles. The smallest absolute Gasteiger partial charge is 0.336 e. The molecular formula is C12H13N3O4. The first-order valence-corrected chi connectivity index (χ1v) is 5.41. The molecule has 1 amide bonds. The highest BCUT2D eigenvalue weighted by Crippen LogP contribution is 2.05. The van der Waals surface area contributed by atoms with Crippen molar-refractivity contribution < 1.29 is 19.4 Å². The molecule has 0 bridgehead atoms. The third-order valence-corrected chi connectivity index (χ3v) is 2.37. The van der Waals surface area contributed by atoms with E-state index in [1.165, 1.54) is 12.1 Å². The molecule has 0 spiro atoms. The van der Waals surface area contributed by atoms with Crippen molar-refractivity contribution in [2.75, 3.05) is 13.7 Å². The van der Waals surface area contributed by atoms with E-state index in [1.54, 1.807) is 6.92 Å². The first kappa shape index (κ1) is 14.6. The van der Waals surface area contributed by atoms with Crippen LogP contribution < -0.4 is 5.32 Å². The van der Waals surface area contributed by atoms with Gasteiger partial charge in [-0.15, -0.1) is 0 Å². The van der Waals surface area contributed by atoms with E-state index in [0.717, 1.165) is 7.11 Å². The Bertz CT molecular complexity index is 536. The van der Waals surface area contributed by atoms with Crippen LogP contribution in [0.3, 0.4) is 0 Å². The zero-order valence-corrected chi connectivity index (χ0v) is 10.5. The average molecular weight is 263 g/mol. The molecule has 1 aromatic rings. The van der Waals surface area contributed by atoms with E-state index < -0.39 is 18.0 Å². The number of ether oxygens (including phenoxy) is 1. The monoisotopic (exact) mass is 263 g/mol. The zero-order chi connectivity index (χ0) is 14.4. The lowest BCUT2D eigenvalue weighted by Crippen LogP contribution is -2.37. The molecule has 7 nitrogen and oxygen atoms in total. The predicted molar refractivity (Wildman–Crippen MR) is 64.0 cm³/mol. The Morgan fingerprint density at radius 3 is 2.79 bits per heavy atom. The number of esters is 1. The Morgan fingerprint density at radius 2 is 2.26 bits per heavy atom. The molecule has 7 heteroatoms. The Hall–Kier alpha value is -2.46. The molecule has 0 radical (unpaired) electrons. The summed E-state index contributed by atoms with van der Waals surface area (Å²) in [7, 11) is 1.14. The number of amides is 1. The van der Waals surface area contributed by atoms with E-state index in [4.69, 9.17) is 5.26 Å². The number of carbonyl (C=O) groups excluding carboxylic acids is 2. The Kier molecular flexibility index (Phi) is 4.97. The van der Waals surface area contributed by atoms with E-state index in [1.807, 2.05) is 6.07 Å². The molecule has 19 heavy (non-hydrogen) atoms. The minimum atomic E-state index is -1.42. The van der Waals surface area contributed by atoms with Crippen molar-refractivity contribution in [1.29, 1.82) is 5.26 Å². The third-order valence-electron chi connectivity index (χ3n) is 2.37. The fourth-order valence-electron chi connectivity index (χ4n) is 1.30. The van der Waals surface area contributed by atoms with Crippen LogP contribution in [0.5, 0.6) is 0 Å². The first-order valence-electron chi connectivity index (χ1n) is 5.41. The number of hydrogen-bond acceptors (Lipinski definition) is 6. The molecular weight excluding hydrogens is 250 g/mol. The van der Waals surface area contributed by atoms with Gasteiger partial charge in [0.05, 0.1) is 24.9 Å². The molecule has 1 aromatic heterocycles. The van der Waals surface area contributed by atoms with Crippen LogP contribution in [-0.4, -0.2) is 41.7 Å². The summed E-state index contributed by atoms with van der Waals surface area (Å²) in [6, 6.07) is 4.81. The second kappa shape index (κ2) is 6.47. The summed E-state index contributed by atoms with van der Waals surface area (Å²) >= 11 is 0. The van der Waals surface area contributed by atoms with Crippen molar-refractivity contribution in [1.82, 2.24) is 10.3 Å². The van der Waals surface area contributed by atoms with E-state index in [0.29, 0.717) is 11.3 Å². The Labute approximate surface area is 109 Å². The lowest BCUT2D eigenvalue weighted by Gasteiger charge is -2.09. The van der Waals surface area contributed by atoms with Crippen molar-refractivity contribution in [3.05, 3.63) is 29.1 Å². The minimum Gasteiger partial charge on any atom is -0.467 e. The molecule has 0 fully saturated rings. The topological polar surface area (TPSA) is 112 Å². The van der Waals surface area contributed by atoms with Crippen LogP contribution in [0.4, 0.5) is 0 Å². The van der Waals surface area contributed by atoms with Gasteiger partial charge in [0.25, 0.3) is 5.91 Å². The number of nitriles is 1. The Balaban J connectivity index is 2.67. The standard InChI is InChI=1S/C12H13N3O4/c1-7-8(5-13)3-4-9(15-7)11(17)14-6-10(16)12(18)19-2/h3-4,10,16H,6H2,1-2H3,(H,14,17). The van der Waals surface area contributed by atoms with Crippen LogP contribution in [0.15, 0.2) is 12.1 Å². The van der Waals surface area contributed by atoms with Crippen LogP contribution >= 0.6 is 0 Å². The van der Waals surface area contributed by atoms with E-state index >= 15 is 0 Å². The number of hydrogen-bond donors (Lipinski definition) is 2. The van der Waals surface area contributed by atoms with Gasteiger partial charge < -0.3 is 15.2 Å². The van der Waals surface area contributed by atoms with Crippen molar-refractivity contribution in [2.45, 2.75) is 13.0 Å². The number of aryl methyl sites for hydroxylation is 1. The number of methoxy groups -OCH3 is 1. The van der Waals surface area contributed by atoms with Gasteiger partial charge in [0, 0.05) is 0 Å². The fourth-order valence-corrected chi connectivity index (χ4v) is 1.30. The van der Waals surface area contributed by atoms with E-state index in [2.05, 4.69) is 15.0 Å². The zero-order valence-electron chi connectivity index (χ0n) is 10.5. The molecule has 1 heterocycles. The van der Waals surface area contributed by atoms with Crippen molar-refractivity contribution in [3.63, 3.8) is 0 Å². The summed E-state index contributed by atoms with van der Waals surface area (Å²) in [4.78, 5) is 26.6. The van der Waals surface area contributed by atoms with Crippen LogP contribution in [0.1, 0.15) is 21.7 Å². The van der Waals surface area contributed by atoms with E-state index in [-0.39, 0.29) is 12.2 Å². The number of aliphatic hydroxyl groups excluding tert-OH is 1. The van der Waals surface area contributed by atoms with E-state index in [9.17, 15) is 14.7 Å². The normalized spacial score (nSPS) is 11.3. The van der Waals surface area contributed by atoms with Crippen LogP contribution in [0.2, 0.25) is 0 Å². The van der Waals surface area contributed by atoms with Gasteiger partial charge in [0.1, 0.15) is 11.8 Å². The molecule has 0 aliphatic heterocycles. The second-order valence-corrected chi connectivity index (χ2v) is 3.69. The second-order valence-electron chi connectivity index (χ2n) is 3.69. The quantitative estimate of drug-likeness (QED) is 0.710. The number of carbonyl (C=O) groups is 2. The van der Waals surface area contributed by atoms with Gasteiger partial charge in [-0.1, -0.05) is 0 Å². The summed E-state index contributed by atoms with van der Waals surface area (Å²) in [6.45, 7) is 1.34. The summed E-state index contributed by atoms with van der Waals surface area (Å²) in [6.07, 6.45) is -1.42. The molecule has 0 aliphatic rings. The molecule has 2 N–H and O–H groups in total. The highest BCUT2D eigenvalue weighted by molar-refractivity contribution is 5.92. The maximum Gasteiger partial charge on any atom is 0.336 e. The van der Waals surface area contributed by atoms with Gasteiger partial charge in [-0.2, -0.15) is 5.26 Å². The van der Waals surface area contributed by atoms with Gasteiger partial charge in [0.15, 0.2) is 6.10 Å². The van der Waals surface area contributed by atoms with Crippen molar-refractivity contribution in [2.24, 2.45) is 0 Å². The lowest BCUT2D eigenvalue weighted by molar-refractivity contribution is -0.149. The number of nitrogens with one attached hydrogen (secondary N) is 1. The molecule has 1 rings (SSSR count). The Morgan fingerprint density at radius 1 is 1.58 bits per heavy atom. The molecule has 1 unspecified atom stereocenters. The maximum absolute atomic E-state index is 11.7. The number of rotatable bonds is 4. The average Bonchev–Trinajstić information content (AvgIpc) is 2.43. The SMILES string of the molecule is COC(=O)C(O)CNC(=O)c1ccc(C#N)c(C)n1. The number of aromatic nitrogens is 1.